The Kier molecular flexibility index (Phi) is 19.0. The predicted octanol–water partition coefficient (Wildman–Crippen LogP) is 5.00. The van der Waals surface area contributed by atoms with E-state index >= 15 is 0 Å². The quantitative estimate of drug-likeness (QED) is 0.386. The van der Waals surface area contributed by atoms with Crippen molar-refractivity contribution in [2.45, 2.75) is 97.4 Å². The summed E-state index contributed by atoms with van der Waals surface area (Å²) in [6.07, 6.45) is 12.1. The Balaban J connectivity index is 0. The Hall–Kier alpha value is -0.570. The summed E-state index contributed by atoms with van der Waals surface area (Å²) in [5.41, 5.74) is 7.65. The van der Waals surface area contributed by atoms with E-state index < -0.39 is 5.97 Å². The largest absolute Gasteiger partial charge is 0.675 e. The van der Waals surface area contributed by atoms with Gasteiger partial charge in [0.15, 0.2) is 0 Å². The summed E-state index contributed by atoms with van der Waals surface area (Å²) in [7, 11) is 0. The van der Waals surface area contributed by atoms with Crippen molar-refractivity contribution in [1.82, 2.24) is 0 Å². The van der Waals surface area contributed by atoms with E-state index in [2.05, 4.69) is 20.8 Å². The normalized spacial score (nSPS) is 11.6. The maximum Gasteiger partial charge on any atom is 0.515 e. The van der Waals surface area contributed by atoms with Crippen molar-refractivity contribution in [3.05, 3.63) is 5.73 Å². The van der Waals surface area contributed by atoms with Crippen molar-refractivity contribution in [2.24, 2.45) is 0 Å². The number of nitrogens with one attached hydrogen (secondary N) is 1. The van der Waals surface area contributed by atoms with Gasteiger partial charge in [-0.25, -0.2) is 0 Å². The standard InChI is InChI=1S/C10H22N.C6H12O2/c1-3-5-7-9-10(11)8-6-4-2;1-2-3-4-5-6(7)8/h10-11H,3-9H2,1-2H3;2-5H2,1H3,(H,7,8)/q-1;/p+1. The molecule has 0 aliphatic heterocycles. The van der Waals surface area contributed by atoms with Crippen LogP contribution in [-0.2, 0) is 4.79 Å². The van der Waals surface area contributed by atoms with Crippen LogP contribution in [0, 0.1) is 0 Å². The van der Waals surface area contributed by atoms with Gasteiger partial charge in [-0.05, 0) is 6.42 Å². The van der Waals surface area contributed by atoms with Crippen molar-refractivity contribution in [1.29, 1.82) is 0 Å². The van der Waals surface area contributed by atoms with Gasteiger partial charge in [-0.15, -0.1) is 6.04 Å². The molecule has 0 rings (SSSR count). The first-order valence-corrected chi connectivity index (χ1v) is 8.03. The third-order valence-electron chi connectivity index (χ3n) is 3.07. The van der Waals surface area contributed by atoms with Gasteiger partial charge in [-0.3, -0.25) is 0 Å². The smallest absolute Gasteiger partial charge is 0.515 e. The summed E-state index contributed by atoms with van der Waals surface area (Å²) >= 11 is 0. The SMILES string of the molecule is CCCCCC(=O)[OH2+].CCCCCC([NH-])CCCC. The zero-order chi connectivity index (χ0) is 14.9. The van der Waals surface area contributed by atoms with Gasteiger partial charge in [0.25, 0.3) is 0 Å². The van der Waals surface area contributed by atoms with Crippen LogP contribution in [0.5, 0.6) is 0 Å². The van der Waals surface area contributed by atoms with E-state index in [1.807, 2.05) is 0 Å². The molecule has 0 heterocycles. The van der Waals surface area contributed by atoms with Crippen LogP contribution in [0.25, 0.3) is 5.73 Å². The molecule has 0 aromatic rings. The zero-order valence-electron chi connectivity index (χ0n) is 13.3. The Labute approximate surface area is 120 Å². The Morgan fingerprint density at radius 3 is 1.84 bits per heavy atom. The minimum atomic E-state index is -0.432. The van der Waals surface area contributed by atoms with Gasteiger partial charge in [0, 0.05) is 4.79 Å². The van der Waals surface area contributed by atoms with Crippen molar-refractivity contribution < 1.29 is 9.90 Å². The molecule has 3 nitrogen and oxygen atoms in total. The topological polar surface area (TPSA) is 63.8 Å². The van der Waals surface area contributed by atoms with Crippen LogP contribution >= 0.6 is 0 Å². The van der Waals surface area contributed by atoms with Crippen LogP contribution in [0.15, 0.2) is 0 Å². The van der Waals surface area contributed by atoms with E-state index in [-0.39, 0.29) is 6.04 Å². The second-order valence-corrected chi connectivity index (χ2v) is 5.22. The van der Waals surface area contributed by atoms with Gasteiger partial charge in [-0.1, -0.05) is 78.6 Å². The van der Waals surface area contributed by atoms with E-state index in [0.717, 1.165) is 32.1 Å². The van der Waals surface area contributed by atoms with Gasteiger partial charge in [-0.2, -0.15) is 0 Å². The minimum absolute atomic E-state index is 0.224. The molecule has 0 aliphatic rings. The number of unbranched alkanes of at least 4 members (excludes halogenated alkanes) is 5. The third kappa shape index (κ3) is 23.0. The third-order valence-corrected chi connectivity index (χ3v) is 3.07. The van der Waals surface area contributed by atoms with Gasteiger partial charge in [0.05, 0.1) is 0 Å². The van der Waals surface area contributed by atoms with Crippen LogP contribution < -0.4 is 0 Å². The van der Waals surface area contributed by atoms with Crippen LogP contribution in [0.2, 0.25) is 0 Å². The molecular formula is C16H35NO2. The molecule has 0 spiro atoms. The zero-order valence-corrected chi connectivity index (χ0v) is 13.3. The number of carbonyl (C=O) groups excluding carboxylic acids is 1. The van der Waals surface area contributed by atoms with Crippen LogP contribution in [0.3, 0.4) is 0 Å². The predicted molar refractivity (Wildman–Crippen MR) is 84.5 cm³/mol. The van der Waals surface area contributed by atoms with E-state index in [0.29, 0.717) is 6.42 Å². The summed E-state index contributed by atoms with van der Waals surface area (Å²) in [6.45, 7) is 6.48. The fourth-order valence-electron chi connectivity index (χ4n) is 1.77. The lowest BCUT2D eigenvalue weighted by Crippen LogP contribution is -1.99. The number of rotatable bonds is 11. The minimum Gasteiger partial charge on any atom is -0.675 e. The van der Waals surface area contributed by atoms with Crippen molar-refractivity contribution in [3.8, 4) is 0 Å². The van der Waals surface area contributed by atoms with Gasteiger partial charge < -0.3 is 10.8 Å². The highest BCUT2D eigenvalue weighted by Gasteiger charge is 2.02. The summed E-state index contributed by atoms with van der Waals surface area (Å²) < 4.78 is 0. The van der Waals surface area contributed by atoms with Crippen LogP contribution in [-0.4, -0.2) is 17.1 Å². The first kappa shape index (κ1) is 20.7. The number of hydrogen-bond acceptors (Lipinski definition) is 1. The van der Waals surface area contributed by atoms with E-state index in [4.69, 9.17) is 10.8 Å². The molecule has 19 heavy (non-hydrogen) atoms. The van der Waals surface area contributed by atoms with E-state index in [1.165, 1.54) is 32.1 Å². The van der Waals surface area contributed by atoms with E-state index in [9.17, 15) is 4.79 Å². The van der Waals surface area contributed by atoms with Gasteiger partial charge >= 0.3 is 5.97 Å². The maximum absolute atomic E-state index is 9.99. The van der Waals surface area contributed by atoms with Crippen LogP contribution in [0.1, 0.15) is 91.4 Å². The molecule has 0 saturated heterocycles. The molecule has 3 N–H and O–H groups in total. The molecule has 0 fully saturated rings. The van der Waals surface area contributed by atoms with E-state index in [1.54, 1.807) is 0 Å². The fourth-order valence-corrected chi connectivity index (χ4v) is 1.77. The molecule has 0 aromatic heterocycles. The monoisotopic (exact) mass is 273 g/mol. The Morgan fingerprint density at radius 2 is 1.37 bits per heavy atom. The lowest BCUT2D eigenvalue weighted by atomic mass is 10.0. The lowest BCUT2D eigenvalue weighted by Gasteiger charge is -2.18. The van der Waals surface area contributed by atoms with Crippen molar-refractivity contribution in [3.63, 3.8) is 0 Å². The average molecular weight is 273 g/mol. The number of carbonyl (C=O) groups is 1. The molecule has 0 bridgehead atoms. The Bertz CT molecular complexity index is 184. The highest BCUT2D eigenvalue weighted by molar-refractivity contribution is 5.66. The fraction of sp³-hybridized carbons (Fsp3) is 0.938. The molecule has 1 unspecified atom stereocenters. The molecule has 0 saturated carbocycles. The summed E-state index contributed by atoms with van der Waals surface area (Å²) in [5, 5.41) is 6.52. The van der Waals surface area contributed by atoms with Crippen molar-refractivity contribution in [2.75, 3.05) is 0 Å². The highest BCUT2D eigenvalue weighted by atomic mass is 16.4. The molecule has 0 aliphatic carbocycles. The second kappa shape index (κ2) is 17.4. The highest BCUT2D eigenvalue weighted by Crippen LogP contribution is 2.11. The molecule has 0 amide bonds. The first-order valence-electron chi connectivity index (χ1n) is 8.03. The summed E-state index contributed by atoms with van der Waals surface area (Å²) in [6, 6.07) is 0.224. The molecular weight excluding hydrogens is 238 g/mol. The Morgan fingerprint density at radius 1 is 0.895 bits per heavy atom. The van der Waals surface area contributed by atoms with Gasteiger partial charge in [0.1, 0.15) is 6.42 Å². The number of hydrogen-bond donors (Lipinski definition) is 0. The molecule has 116 valence electrons. The molecule has 1 atom stereocenters. The summed E-state index contributed by atoms with van der Waals surface area (Å²) in [4.78, 5) is 9.99. The maximum atomic E-state index is 9.99. The molecule has 0 radical (unpaired) electrons. The van der Waals surface area contributed by atoms with Crippen LogP contribution in [0.4, 0.5) is 0 Å². The van der Waals surface area contributed by atoms with Gasteiger partial charge in [0.2, 0.25) is 0 Å². The molecule has 3 heteroatoms. The molecule has 0 aromatic carbocycles. The summed E-state index contributed by atoms with van der Waals surface area (Å²) in [5.74, 6) is -0.432. The average Bonchev–Trinajstić information content (AvgIpc) is 2.37. The first-order chi connectivity index (χ1) is 9.08. The second-order valence-electron chi connectivity index (χ2n) is 5.22. The lowest BCUT2D eigenvalue weighted by molar-refractivity contribution is -0.137. The van der Waals surface area contributed by atoms with Crippen molar-refractivity contribution >= 4 is 5.97 Å².